The number of nitrogens with two attached hydrogens (primary N) is 1. The zero-order valence-corrected chi connectivity index (χ0v) is 15.1. The van der Waals surface area contributed by atoms with Crippen molar-refractivity contribution in [2.24, 2.45) is 5.73 Å². The molecule has 2 aromatic rings. The molecule has 9 nitrogen and oxygen atoms in total. The molecule has 3 rings (SSSR count). The highest BCUT2D eigenvalue weighted by Gasteiger charge is 2.36. The van der Waals surface area contributed by atoms with Crippen molar-refractivity contribution in [1.29, 1.82) is 0 Å². The van der Waals surface area contributed by atoms with E-state index in [1.54, 1.807) is 6.20 Å². The Bertz CT molecular complexity index is 840. The number of amides is 1. The lowest BCUT2D eigenvalue weighted by atomic mass is 9.64. The normalized spacial score (nSPS) is 15.8. The van der Waals surface area contributed by atoms with Crippen LogP contribution in [0.3, 0.4) is 0 Å². The molecule has 10 heteroatoms. The minimum Gasteiger partial charge on any atom is -0.536 e. The lowest BCUT2D eigenvalue weighted by Crippen LogP contribution is -2.35. The van der Waals surface area contributed by atoms with Gasteiger partial charge in [0.15, 0.2) is 5.78 Å². The van der Waals surface area contributed by atoms with Crippen molar-refractivity contribution in [3.05, 3.63) is 41.2 Å². The smallest absolute Gasteiger partial charge is 0.526 e. The van der Waals surface area contributed by atoms with Crippen molar-refractivity contribution < 1.29 is 19.3 Å². The second kappa shape index (κ2) is 8.32. The lowest BCUT2D eigenvalue weighted by Gasteiger charge is -2.28. The number of nitrogens with one attached hydrogen (secondary N) is 1. The first-order valence-corrected chi connectivity index (χ1v) is 8.77. The van der Waals surface area contributed by atoms with Crippen LogP contribution in [-0.2, 0) is 29.1 Å². The van der Waals surface area contributed by atoms with Gasteiger partial charge < -0.3 is 20.7 Å². The fourth-order valence-electron chi connectivity index (χ4n) is 3.11. The molecular formula is C17H22BN5O4. The standard InChI is InChI=1S/C17H22BN5O4/c1-11-3-2-4-12-5-13(18(26)27-17(11)12)6-15(24)10-23-9-14(21-22-23)8-20-16(25)7-19/h2-4,9,13,26H,5-8,10,19H2,1H3,(H,20,25)/t13-/m1/s1. The number of carbonyl (C=O) groups is 2. The Morgan fingerprint density at radius 3 is 3.07 bits per heavy atom. The molecule has 1 aromatic heterocycles. The molecule has 1 atom stereocenters. The summed E-state index contributed by atoms with van der Waals surface area (Å²) in [5.41, 5.74) is 7.72. The monoisotopic (exact) mass is 371 g/mol. The molecule has 0 fully saturated rings. The molecule has 1 aliphatic rings. The van der Waals surface area contributed by atoms with E-state index in [4.69, 9.17) is 10.4 Å². The van der Waals surface area contributed by atoms with Crippen LogP contribution in [0, 0.1) is 6.92 Å². The summed E-state index contributed by atoms with van der Waals surface area (Å²) in [6.45, 7) is 2.08. The van der Waals surface area contributed by atoms with Crippen LogP contribution in [0.4, 0.5) is 0 Å². The minimum atomic E-state index is -1.01. The number of aryl methyl sites for hydroxylation is 1. The maximum Gasteiger partial charge on any atom is 0.526 e. The zero-order valence-electron chi connectivity index (χ0n) is 15.1. The topological polar surface area (TPSA) is 132 Å². The first kappa shape index (κ1) is 19.1. The van der Waals surface area contributed by atoms with Gasteiger partial charge in [-0.15, -0.1) is 5.10 Å². The highest BCUT2D eigenvalue weighted by atomic mass is 16.5. The molecular weight excluding hydrogens is 349 g/mol. The number of carbonyl (C=O) groups excluding carboxylic acids is 2. The van der Waals surface area contributed by atoms with E-state index < -0.39 is 7.12 Å². The van der Waals surface area contributed by atoms with Gasteiger partial charge in [-0.1, -0.05) is 23.4 Å². The van der Waals surface area contributed by atoms with Crippen molar-refractivity contribution in [2.45, 2.75) is 38.7 Å². The SMILES string of the molecule is Cc1cccc2c1OB(O)[C@@H](CC(=O)Cn1cc(CNC(=O)CN)nn1)C2. The third-order valence-corrected chi connectivity index (χ3v) is 4.48. The summed E-state index contributed by atoms with van der Waals surface area (Å²) >= 11 is 0. The molecule has 0 spiro atoms. The number of hydrogen-bond acceptors (Lipinski definition) is 7. The van der Waals surface area contributed by atoms with Crippen molar-refractivity contribution in [3.63, 3.8) is 0 Å². The van der Waals surface area contributed by atoms with Gasteiger partial charge in [0.25, 0.3) is 0 Å². The fraction of sp³-hybridized carbons (Fsp3) is 0.412. The Balaban J connectivity index is 1.55. The quantitative estimate of drug-likeness (QED) is 0.565. The van der Waals surface area contributed by atoms with Crippen molar-refractivity contribution in [3.8, 4) is 5.75 Å². The van der Waals surface area contributed by atoms with Gasteiger partial charge in [0.2, 0.25) is 5.91 Å². The number of Topliss-reactive ketones (excluding diaryl/α,β-unsaturated/α-hetero) is 1. The molecule has 142 valence electrons. The number of fused-ring (bicyclic) bond motifs is 1. The Morgan fingerprint density at radius 1 is 1.48 bits per heavy atom. The predicted octanol–water partition coefficient (Wildman–Crippen LogP) is -0.394. The summed E-state index contributed by atoms with van der Waals surface area (Å²) < 4.78 is 7.03. The largest absolute Gasteiger partial charge is 0.536 e. The van der Waals surface area contributed by atoms with E-state index in [1.165, 1.54) is 4.68 Å². The Hall–Kier alpha value is -2.72. The molecule has 0 unspecified atom stereocenters. The average Bonchev–Trinajstić information content (AvgIpc) is 3.08. The maximum atomic E-state index is 12.4. The Morgan fingerprint density at radius 2 is 2.30 bits per heavy atom. The number of aromatic nitrogens is 3. The molecule has 0 saturated heterocycles. The number of rotatable bonds is 7. The Labute approximate surface area is 157 Å². The number of benzene rings is 1. The predicted molar refractivity (Wildman–Crippen MR) is 97.8 cm³/mol. The number of ketones is 1. The summed E-state index contributed by atoms with van der Waals surface area (Å²) in [6, 6.07) is 5.81. The molecule has 0 radical (unpaired) electrons. The van der Waals surface area contributed by atoms with Crippen LogP contribution in [0.25, 0.3) is 0 Å². The first-order chi connectivity index (χ1) is 13.0. The number of hydrogen-bond donors (Lipinski definition) is 3. The fourth-order valence-corrected chi connectivity index (χ4v) is 3.11. The van der Waals surface area contributed by atoms with Gasteiger partial charge in [0.1, 0.15) is 18.0 Å². The summed E-state index contributed by atoms with van der Waals surface area (Å²) in [5.74, 6) is 0.0244. The second-order valence-electron chi connectivity index (χ2n) is 6.67. The van der Waals surface area contributed by atoms with Crippen LogP contribution in [-0.4, -0.2) is 45.4 Å². The third-order valence-electron chi connectivity index (χ3n) is 4.48. The van der Waals surface area contributed by atoms with Crippen LogP contribution in [0.1, 0.15) is 23.2 Å². The summed E-state index contributed by atoms with van der Waals surface area (Å²) in [7, 11) is -1.01. The van der Waals surface area contributed by atoms with Gasteiger partial charge in [-0.05, 0) is 24.5 Å². The average molecular weight is 371 g/mol. The molecule has 1 aliphatic heterocycles. The van der Waals surface area contributed by atoms with Crippen LogP contribution < -0.4 is 15.7 Å². The van der Waals surface area contributed by atoms with Gasteiger partial charge in [-0.25, -0.2) is 4.68 Å². The van der Waals surface area contributed by atoms with Crippen molar-refractivity contribution in [1.82, 2.24) is 20.3 Å². The molecule has 0 bridgehead atoms. The second-order valence-corrected chi connectivity index (χ2v) is 6.67. The van der Waals surface area contributed by atoms with Gasteiger partial charge in [-0.2, -0.15) is 0 Å². The summed E-state index contributed by atoms with van der Waals surface area (Å²) in [5, 5.41) is 20.6. The van der Waals surface area contributed by atoms with E-state index in [2.05, 4.69) is 15.6 Å². The summed E-state index contributed by atoms with van der Waals surface area (Å²) in [6.07, 6.45) is 2.35. The molecule has 1 amide bonds. The molecule has 27 heavy (non-hydrogen) atoms. The zero-order chi connectivity index (χ0) is 19.4. The van der Waals surface area contributed by atoms with E-state index in [1.807, 2.05) is 25.1 Å². The lowest BCUT2D eigenvalue weighted by molar-refractivity contribution is -0.120. The molecule has 4 N–H and O–H groups in total. The molecule has 0 aliphatic carbocycles. The summed E-state index contributed by atoms with van der Waals surface area (Å²) in [4.78, 5) is 23.5. The van der Waals surface area contributed by atoms with E-state index in [-0.39, 0.29) is 43.6 Å². The van der Waals surface area contributed by atoms with Crippen LogP contribution >= 0.6 is 0 Å². The van der Waals surface area contributed by atoms with Crippen LogP contribution in [0.15, 0.2) is 24.4 Å². The first-order valence-electron chi connectivity index (χ1n) is 8.77. The number of para-hydroxylation sites is 1. The van der Waals surface area contributed by atoms with Gasteiger partial charge >= 0.3 is 7.12 Å². The van der Waals surface area contributed by atoms with Gasteiger partial charge in [0.05, 0.1) is 19.3 Å². The van der Waals surface area contributed by atoms with E-state index in [0.717, 1.165) is 11.1 Å². The van der Waals surface area contributed by atoms with Crippen molar-refractivity contribution >= 4 is 18.8 Å². The highest BCUT2D eigenvalue weighted by molar-refractivity contribution is 6.46. The van der Waals surface area contributed by atoms with Crippen LogP contribution in [0.2, 0.25) is 5.82 Å². The van der Waals surface area contributed by atoms with E-state index in [9.17, 15) is 14.6 Å². The molecule has 2 heterocycles. The van der Waals surface area contributed by atoms with Crippen LogP contribution in [0.5, 0.6) is 5.75 Å². The van der Waals surface area contributed by atoms with Gasteiger partial charge in [-0.3, -0.25) is 9.59 Å². The molecule has 1 aromatic carbocycles. The highest BCUT2D eigenvalue weighted by Crippen LogP contribution is 2.35. The van der Waals surface area contributed by atoms with E-state index in [0.29, 0.717) is 17.9 Å². The third kappa shape index (κ3) is 4.72. The maximum absolute atomic E-state index is 12.4. The van der Waals surface area contributed by atoms with Gasteiger partial charge in [0, 0.05) is 12.2 Å². The van der Waals surface area contributed by atoms with Crippen molar-refractivity contribution in [2.75, 3.05) is 6.54 Å². The van der Waals surface area contributed by atoms with E-state index >= 15 is 0 Å². The molecule has 0 saturated carbocycles. The minimum absolute atomic E-state index is 0.0434. The Kier molecular flexibility index (Phi) is 5.87. The number of nitrogens with zero attached hydrogens (tertiary/aromatic N) is 3.